The summed E-state index contributed by atoms with van der Waals surface area (Å²) in [7, 11) is -3.48. The van der Waals surface area contributed by atoms with Crippen LogP contribution in [0.3, 0.4) is 0 Å². The van der Waals surface area contributed by atoms with Crippen LogP contribution in [0.25, 0.3) is 11.1 Å². The van der Waals surface area contributed by atoms with Gasteiger partial charge in [-0.05, 0) is 93.7 Å². The third-order valence-corrected chi connectivity index (χ3v) is 13.4. The van der Waals surface area contributed by atoms with E-state index in [4.69, 9.17) is 9.51 Å². The molecule has 7 saturated carbocycles. The Labute approximate surface area is 257 Å². The lowest BCUT2D eigenvalue weighted by atomic mass is 9.41. The number of halogens is 1. The van der Waals surface area contributed by atoms with Crippen LogP contribution >= 0.6 is 0 Å². The van der Waals surface area contributed by atoms with Gasteiger partial charge in [-0.3, -0.25) is 4.79 Å². The Kier molecular flexibility index (Phi) is 5.82. The zero-order valence-electron chi connectivity index (χ0n) is 25.7. The second-order valence-corrected chi connectivity index (χ2v) is 17.8. The number of rotatable bonds is 8. The molecule has 7 aliphatic rings. The van der Waals surface area contributed by atoms with Crippen molar-refractivity contribution >= 4 is 21.6 Å². The van der Waals surface area contributed by atoms with E-state index in [0.717, 1.165) is 59.7 Å². The molecule has 0 radical (unpaired) electrons. The van der Waals surface area contributed by atoms with Crippen LogP contribution in [0.15, 0.2) is 41.2 Å². The molecule has 4 bridgehead atoms. The minimum Gasteiger partial charge on any atom is -0.339 e. The zero-order valence-corrected chi connectivity index (χ0v) is 26.5. The van der Waals surface area contributed by atoms with Gasteiger partial charge in [0.25, 0.3) is 10.0 Å². The van der Waals surface area contributed by atoms with Gasteiger partial charge in [0.2, 0.25) is 11.8 Å². The number of aromatic nitrogens is 4. The molecule has 9 nitrogen and oxygen atoms in total. The van der Waals surface area contributed by atoms with Gasteiger partial charge in [-0.25, -0.2) is 12.8 Å². The first kappa shape index (κ1) is 28.4. The highest BCUT2D eigenvalue weighted by Crippen LogP contribution is 2.70. The lowest BCUT2D eigenvalue weighted by Crippen LogP contribution is -2.71. The fourth-order valence-corrected chi connectivity index (χ4v) is 9.81. The lowest BCUT2D eigenvalue weighted by molar-refractivity contribution is -0.211. The first-order valence-corrected chi connectivity index (χ1v) is 17.5. The van der Waals surface area contributed by atoms with Gasteiger partial charge in [-0.2, -0.15) is 14.2 Å². The number of fused-ring (bicyclic) bond motifs is 3. The molecule has 0 unspecified atom stereocenters. The summed E-state index contributed by atoms with van der Waals surface area (Å²) < 4.78 is 46.9. The minimum atomic E-state index is -3.48. The molecule has 0 atom stereocenters. The fraction of sp³-hybridized carbons (Fsp3) is 0.636. The van der Waals surface area contributed by atoms with Crippen molar-refractivity contribution in [2.24, 2.45) is 10.8 Å². The van der Waals surface area contributed by atoms with Crippen LogP contribution in [-0.4, -0.2) is 51.1 Å². The quantitative estimate of drug-likeness (QED) is 0.299. The maximum Gasteiger partial charge on any atom is 0.256 e. The van der Waals surface area contributed by atoms with Crippen molar-refractivity contribution in [2.45, 2.75) is 113 Å². The van der Waals surface area contributed by atoms with Crippen molar-refractivity contribution in [1.29, 1.82) is 0 Å². The topological polar surface area (TPSA) is 111 Å². The van der Waals surface area contributed by atoms with Gasteiger partial charge < -0.3 is 9.42 Å². The van der Waals surface area contributed by atoms with E-state index in [9.17, 15) is 17.6 Å². The average Bonchev–Trinajstić information content (AvgIpc) is 3.48. The molecule has 0 N–H and O–H groups in total. The molecule has 1 amide bonds. The van der Waals surface area contributed by atoms with E-state index in [0.29, 0.717) is 50.1 Å². The molecule has 7 aliphatic carbocycles. The van der Waals surface area contributed by atoms with Crippen molar-refractivity contribution in [1.82, 2.24) is 19.3 Å². The number of nitrogens with zero attached hydrogens (tertiary/aromatic N) is 5. The Balaban J connectivity index is 1.07. The molecule has 0 spiro atoms. The zero-order chi connectivity index (χ0) is 30.8. The molecule has 234 valence electrons. The van der Waals surface area contributed by atoms with Crippen LogP contribution in [0.5, 0.6) is 0 Å². The smallest absolute Gasteiger partial charge is 0.256 e. The molecule has 11 heteroatoms. The highest BCUT2D eigenvalue weighted by molar-refractivity contribution is 7.90. The van der Waals surface area contributed by atoms with E-state index >= 15 is 0 Å². The van der Waals surface area contributed by atoms with Crippen LogP contribution in [0.2, 0.25) is 0 Å². The van der Waals surface area contributed by atoms with Gasteiger partial charge >= 0.3 is 0 Å². The maximum absolute atomic E-state index is 14.6. The molecular formula is C33H40FN5O4S. The Morgan fingerprint density at radius 2 is 1.75 bits per heavy atom. The summed E-state index contributed by atoms with van der Waals surface area (Å²) in [6.45, 7) is 6.82. The molecule has 3 aromatic rings. The van der Waals surface area contributed by atoms with E-state index in [1.54, 1.807) is 12.4 Å². The fourth-order valence-electron chi connectivity index (χ4n) is 8.34. The highest BCUT2D eigenvalue weighted by Gasteiger charge is 2.73. The summed E-state index contributed by atoms with van der Waals surface area (Å²) in [6.07, 6.45) is 11.1. The minimum absolute atomic E-state index is 0.0194. The van der Waals surface area contributed by atoms with Gasteiger partial charge in [0.05, 0.1) is 23.1 Å². The summed E-state index contributed by atoms with van der Waals surface area (Å²) >= 11 is 0. The third kappa shape index (κ3) is 4.31. The van der Waals surface area contributed by atoms with Crippen molar-refractivity contribution in [3.05, 3.63) is 48.4 Å². The first-order valence-electron chi connectivity index (χ1n) is 16.0. The van der Waals surface area contributed by atoms with E-state index in [2.05, 4.69) is 31.0 Å². The third-order valence-electron chi connectivity index (χ3n) is 11.4. The maximum atomic E-state index is 14.6. The lowest BCUT2D eigenvalue weighted by Gasteiger charge is -2.65. The second-order valence-electron chi connectivity index (χ2n) is 15.7. The van der Waals surface area contributed by atoms with Gasteiger partial charge in [0.1, 0.15) is 5.67 Å². The Morgan fingerprint density at radius 3 is 2.34 bits per heavy atom. The first-order chi connectivity index (χ1) is 20.7. The van der Waals surface area contributed by atoms with E-state index in [1.165, 1.54) is 0 Å². The molecular weight excluding hydrogens is 581 g/mol. The number of alkyl halides is 1. The monoisotopic (exact) mass is 621 g/mol. The summed E-state index contributed by atoms with van der Waals surface area (Å²) in [5.74, 6) is 1.51. The van der Waals surface area contributed by atoms with Crippen LogP contribution in [-0.2, 0) is 25.6 Å². The normalized spacial score (nSPS) is 32.6. The molecule has 7 fully saturated rings. The predicted octanol–water partition coefficient (Wildman–Crippen LogP) is 6.09. The number of amides is 1. The van der Waals surface area contributed by atoms with Gasteiger partial charge in [-0.1, -0.05) is 38.1 Å². The van der Waals surface area contributed by atoms with E-state index in [1.807, 2.05) is 29.2 Å². The van der Waals surface area contributed by atoms with Crippen molar-refractivity contribution < 1.29 is 22.1 Å². The number of anilines is 1. The SMILES string of the molecule is CC(C)(C)c1nc(C23CCC(CN(C(=O)C45CC(F)(C4)C5)c4cccc(-c5cnn(S(=O)(=O)C6CC6)c5)c4)(CC2)CC3)no1. The number of hydrogen-bond acceptors (Lipinski definition) is 7. The largest absolute Gasteiger partial charge is 0.339 e. The van der Waals surface area contributed by atoms with Gasteiger partial charge in [0, 0.05) is 28.6 Å². The summed E-state index contributed by atoms with van der Waals surface area (Å²) in [5.41, 5.74) is 0.155. The summed E-state index contributed by atoms with van der Waals surface area (Å²) in [5, 5.41) is 8.25. The summed E-state index contributed by atoms with van der Waals surface area (Å²) in [6, 6.07) is 7.73. The average molecular weight is 622 g/mol. The molecule has 2 heterocycles. The van der Waals surface area contributed by atoms with E-state index in [-0.39, 0.29) is 27.4 Å². The molecule has 0 aliphatic heterocycles. The Bertz CT molecular complexity index is 1720. The van der Waals surface area contributed by atoms with Crippen LogP contribution in [0.1, 0.15) is 103 Å². The Morgan fingerprint density at radius 1 is 1.07 bits per heavy atom. The molecule has 10 rings (SSSR count). The number of carbonyl (C=O) groups excluding carboxylic acids is 1. The van der Waals surface area contributed by atoms with Gasteiger partial charge in [-0.15, -0.1) is 0 Å². The predicted molar refractivity (Wildman–Crippen MR) is 162 cm³/mol. The number of benzene rings is 1. The summed E-state index contributed by atoms with van der Waals surface area (Å²) in [4.78, 5) is 21.0. The van der Waals surface area contributed by atoms with Gasteiger partial charge in [0.15, 0.2) is 5.82 Å². The van der Waals surface area contributed by atoms with Crippen LogP contribution in [0.4, 0.5) is 10.1 Å². The molecule has 2 aromatic heterocycles. The molecule has 0 saturated heterocycles. The Hall–Kier alpha value is -3.08. The molecule has 44 heavy (non-hydrogen) atoms. The van der Waals surface area contributed by atoms with Crippen molar-refractivity contribution in [3.63, 3.8) is 0 Å². The highest BCUT2D eigenvalue weighted by atomic mass is 32.2. The van der Waals surface area contributed by atoms with Crippen molar-refractivity contribution in [2.75, 3.05) is 11.4 Å². The van der Waals surface area contributed by atoms with Crippen molar-refractivity contribution in [3.8, 4) is 11.1 Å². The standard InChI is InChI=1S/C33H40FN5O4S/c1-29(2,3)27-36-26(37-43-27)31-12-9-30(10-13-31,11-14-31)21-38(28(40)32-18-33(34,19-32)20-32)24-6-4-5-22(15-24)23-16-35-39(17-23)44(41,42)25-7-8-25/h4-6,15-17,25H,7-14,18-21H2,1-3H3. The van der Waals surface area contributed by atoms with E-state index < -0.39 is 21.1 Å². The van der Waals surface area contributed by atoms with Crippen LogP contribution < -0.4 is 4.90 Å². The number of hydrogen-bond donors (Lipinski definition) is 0. The number of carbonyl (C=O) groups is 1. The molecule has 1 aromatic carbocycles. The second kappa shape index (κ2) is 9.01. The van der Waals surface area contributed by atoms with Crippen LogP contribution in [0, 0.1) is 10.8 Å².